The Morgan fingerprint density at radius 3 is 0.684 bits per heavy atom. The molecule has 0 aliphatic heterocycles. The van der Waals surface area contributed by atoms with Crippen molar-refractivity contribution >= 4 is 47.8 Å². The van der Waals surface area contributed by atoms with E-state index in [9.17, 15) is 48.6 Å². The molecule has 0 saturated heterocycles. The molecule has 25 nitrogen and oxygen atoms in total. The molecule has 25 heteroatoms. The van der Waals surface area contributed by atoms with Gasteiger partial charge in [0.1, 0.15) is 0 Å². The number of nitrogens with two attached hydrogens (primary N) is 4. The van der Waals surface area contributed by atoms with Crippen LogP contribution in [0, 0.1) is 0 Å². The molecule has 0 amide bonds. The maximum absolute atomic E-state index is 9.55. The first-order valence-corrected chi connectivity index (χ1v) is 16.0. The summed E-state index contributed by atoms with van der Waals surface area (Å²) in [7, 11) is 0. The summed E-state index contributed by atoms with van der Waals surface area (Å²) in [5.74, 6) is -10.6. The molecule has 0 aromatic heterocycles. The van der Waals surface area contributed by atoms with E-state index in [1.807, 2.05) is 0 Å². The highest BCUT2D eigenvalue weighted by molar-refractivity contribution is 5.90. The van der Waals surface area contributed by atoms with E-state index in [2.05, 4.69) is 0 Å². The van der Waals surface area contributed by atoms with Gasteiger partial charge in [0.05, 0.1) is 64.8 Å². The fraction of sp³-hybridized carbons (Fsp3) is 0.500. The maximum atomic E-state index is 9.55. The Morgan fingerprint density at radius 2 is 0.526 bits per heavy atom. The molecule has 0 fully saturated rings. The lowest BCUT2D eigenvalue weighted by atomic mass is 10.5. The molecule has 14 N–H and O–H groups in total. The van der Waals surface area contributed by atoms with E-state index in [0.29, 0.717) is 141 Å². The van der Waals surface area contributed by atoms with Crippen molar-refractivity contribution in [3.8, 4) is 0 Å². The monoisotopic (exact) mass is 830 g/mol. The Bertz CT molecular complexity index is 957. The van der Waals surface area contributed by atoms with Gasteiger partial charge in [-0.1, -0.05) is 0 Å². The van der Waals surface area contributed by atoms with E-state index in [0.717, 1.165) is 12.8 Å². The summed E-state index contributed by atoms with van der Waals surface area (Å²) in [6, 6.07) is 0. The number of carboxylic acid groups (broad SMARTS) is 8. The highest BCUT2D eigenvalue weighted by Gasteiger charge is 1.92. The minimum Gasteiger partial charge on any atom is -0.545 e. The fourth-order valence-corrected chi connectivity index (χ4v) is 1.97. The number of hydrogen-bond acceptors (Lipinski definition) is 19. The standard InChI is InChI=1S/C10H24N2O3.C6H16N2O2.4C4H4O4/c11-3-1-5-13-7-9-15-10-8-14-6-2-4-12;7-1-3-9-5-6-10-4-2-8;4*5-3(6)1-2-4(7)8/h1-12H2;1-8H2;4*1-2H,(H,5,6)(H,7,8)/p-2/b;;4*2-1-. The summed E-state index contributed by atoms with van der Waals surface area (Å²) < 4.78 is 25.9. The van der Waals surface area contributed by atoms with Gasteiger partial charge in [0, 0.05) is 62.8 Å². The van der Waals surface area contributed by atoms with Crippen LogP contribution in [0.5, 0.6) is 0 Å². The lowest BCUT2D eigenvalue weighted by Gasteiger charge is -2.06. The number of ether oxygens (including phenoxy) is 5. The minimum atomic E-state index is -1.51. The van der Waals surface area contributed by atoms with Gasteiger partial charge >= 0.3 is 35.8 Å². The van der Waals surface area contributed by atoms with E-state index in [-0.39, 0.29) is 0 Å². The molecule has 57 heavy (non-hydrogen) atoms. The van der Waals surface area contributed by atoms with Gasteiger partial charge in [-0.2, -0.15) is 0 Å². The van der Waals surface area contributed by atoms with Crippen LogP contribution >= 0.6 is 0 Å². The molecule has 0 rings (SSSR count). The molecule has 0 aliphatic carbocycles. The van der Waals surface area contributed by atoms with Gasteiger partial charge in [-0.15, -0.1) is 0 Å². The van der Waals surface area contributed by atoms with Gasteiger partial charge in [0.2, 0.25) is 0 Å². The molecule has 0 bridgehead atoms. The Balaban J connectivity index is -0.000000140. The predicted octanol–water partition coefficient (Wildman–Crippen LogP) is -5.15. The zero-order valence-electron chi connectivity index (χ0n) is 31.0. The van der Waals surface area contributed by atoms with Gasteiger partial charge in [-0.05, 0) is 38.1 Å². The molecule has 0 aromatic carbocycles. The molecule has 0 unspecified atom stereocenters. The molecular weight excluding hydrogens is 776 g/mol. The van der Waals surface area contributed by atoms with E-state index >= 15 is 0 Å². The van der Waals surface area contributed by atoms with E-state index < -0.39 is 47.8 Å². The molecule has 0 atom stereocenters. The second-order valence-corrected chi connectivity index (χ2v) is 8.92. The van der Waals surface area contributed by atoms with Crippen LogP contribution in [-0.4, -0.2) is 171 Å². The molecule has 0 aromatic rings. The number of carbonyl (C=O) groups excluding carboxylic acids is 2. The van der Waals surface area contributed by atoms with Crippen molar-refractivity contribution in [1.29, 1.82) is 0 Å². The largest absolute Gasteiger partial charge is 0.545 e. The van der Waals surface area contributed by atoms with Crippen LogP contribution in [0.3, 0.4) is 0 Å². The average Bonchev–Trinajstić information content (AvgIpc) is 3.13. The topological polar surface area (TPSA) is 454 Å². The number of carboxylic acids is 8. The maximum Gasteiger partial charge on any atom is 0.328 e. The van der Waals surface area contributed by atoms with Crippen molar-refractivity contribution in [1.82, 2.24) is 0 Å². The number of hydrogen-bond donors (Lipinski definition) is 10. The van der Waals surface area contributed by atoms with Crippen molar-refractivity contribution in [2.45, 2.75) is 12.8 Å². The minimum absolute atomic E-state index is 0.447. The first-order chi connectivity index (χ1) is 26.8. The van der Waals surface area contributed by atoms with Gasteiger partial charge in [0.15, 0.2) is 0 Å². The third-order valence-electron chi connectivity index (χ3n) is 4.09. The van der Waals surface area contributed by atoms with Gasteiger partial charge in [0.25, 0.3) is 0 Å². The van der Waals surface area contributed by atoms with Crippen LogP contribution in [0.25, 0.3) is 0 Å². The summed E-state index contributed by atoms with van der Waals surface area (Å²) in [4.78, 5) is 76.2. The highest BCUT2D eigenvalue weighted by atomic mass is 16.5. The van der Waals surface area contributed by atoms with Crippen LogP contribution < -0.4 is 33.1 Å². The number of carbonyl (C=O) groups is 8. The summed E-state index contributed by atoms with van der Waals surface area (Å²) >= 11 is 0. The SMILES string of the molecule is NCCCOCCOCCOCCCN.NCCOCCOCCN.O=C(O)/C=C\C(=O)O.O=C(O)/C=C\C(=O)O.O=C([O-])/C=C\C(=O)O.O=C([O-])/C=C\C(=O)O. The zero-order valence-corrected chi connectivity index (χ0v) is 31.0. The van der Waals surface area contributed by atoms with Crippen LogP contribution in [0.1, 0.15) is 12.8 Å². The smallest absolute Gasteiger partial charge is 0.328 e. The highest BCUT2D eigenvalue weighted by Crippen LogP contribution is 1.84. The molecule has 0 radical (unpaired) electrons. The lowest BCUT2D eigenvalue weighted by molar-refractivity contribution is -0.298. The Morgan fingerprint density at radius 1 is 0.333 bits per heavy atom. The zero-order chi connectivity index (χ0) is 45.1. The van der Waals surface area contributed by atoms with E-state index in [1.165, 1.54) is 0 Å². The van der Waals surface area contributed by atoms with Crippen molar-refractivity contribution in [2.24, 2.45) is 22.9 Å². The first kappa shape index (κ1) is 63.3. The second kappa shape index (κ2) is 54.7. The van der Waals surface area contributed by atoms with Crippen LogP contribution in [0.15, 0.2) is 48.6 Å². The molecule has 0 heterocycles. The second-order valence-electron chi connectivity index (χ2n) is 8.92. The van der Waals surface area contributed by atoms with Crippen LogP contribution in [0.4, 0.5) is 0 Å². The Labute approximate surface area is 327 Å². The molecule has 0 aliphatic rings. The average molecular weight is 831 g/mol. The van der Waals surface area contributed by atoms with E-state index in [1.54, 1.807) is 0 Å². The predicted molar refractivity (Wildman–Crippen MR) is 192 cm³/mol. The fourth-order valence-electron chi connectivity index (χ4n) is 1.97. The van der Waals surface area contributed by atoms with Crippen molar-refractivity contribution < 1.29 is 103 Å². The van der Waals surface area contributed by atoms with Gasteiger partial charge in [-0.25, -0.2) is 28.8 Å². The van der Waals surface area contributed by atoms with Crippen molar-refractivity contribution in [3.05, 3.63) is 48.6 Å². The van der Waals surface area contributed by atoms with Gasteiger partial charge in [-0.3, -0.25) is 0 Å². The molecule has 330 valence electrons. The van der Waals surface area contributed by atoms with Crippen LogP contribution in [0.2, 0.25) is 0 Å². The lowest BCUT2D eigenvalue weighted by Crippen LogP contribution is -2.19. The quantitative estimate of drug-likeness (QED) is 0.0273. The third-order valence-corrected chi connectivity index (χ3v) is 4.09. The number of aliphatic carboxylic acids is 8. The van der Waals surface area contributed by atoms with Crippen molar-refractivity contribution in [2.75, 3.05) is 92.2 Å². The van der Waals surface area contributed by atoms with Crippen LogP contribution in [-0.2, 0) is 62.0 Å². The van der Waals surface area contributed by atoms with Gasteiger partial charge < -0.3 is 97.1 Å². The van der Waals surface area contributed by atoms with E-state index in [4.69, 9.17) is 77.3 Å². The molecule has 0 spiro atoms. The summed E-state index contributed by atoms with van der Waals surface area (Å²) in [5.41, 5.74) is 21.0. The Hall–Kier alpha value is -5.64. The first-order valence-electron chi connectivity index (χ1n) is 16.0. The molecular formula is C32H54N4O21-2. The normalized spacial score (nSPS) is 9.96. The summed E-state index contributed by atoms with van der Waals surface area (Å²) in [5, 5.41) is 65.7. The summed E-state index contributed by atoms with van der Waals surface area (Å²) in [6.45, 7) is 8.83. The van der Waals surface area contributed by atoms with Crippen molar-refractivity contribution in [3.63, 3.8) is 0 Å². The summed E-state index contributed by atoms with van der Waals surface area (Å²) in [6.07, 6.45) is 5.93. The third kappa shape index (κ3) is 106. The molecule has 0 saturated carbocycles. The Kier molecular flexibility index (Phi) is 60.8. The number of rotatable bonds is 27.